The largest absolute Gasteiger partial charge is 0.396 e. The van der Waals surface area contributed by atoms with E-state index >= 15 is 0 Å². The van der Waals surface area contributed by atoms with Crippen LogP contribution < -0.4 is 0 Å². The van der Waals surface area contributed by atoms with E-state index in [1.807, 2.05) is 6.07 Å². The number of benzene rings is 1. The number of H-pyrrole nitrogens is 1. The minimum absolute atomic E-state index is 0.0892. The monoisotopic (exact) mass is 179 g/mol. The number of fused-ring (bicyclic) bond motifs is 1. The second-order valence-electron chi connectivity index (χ2n) is 2.95. The smallest absolute Gasteiger partial charge is 0.147 e. The first-order valence-electron chi connectivity index (χ1n) is 4.18. The highest BCUT2D eigenvalue weighted by atomic mass is 19.1. The van der Waals surface area contributed by atoms with E-state index in [1.54, 1.807) is 12.3 Å². The highest BCUT2D eigenvalue weighted by molar-refractivity contribution is 5.83. The Labute approximate surface area is 75.0 Å². The minimum Gasteiger partial charge on any atom is -0.396 e. The van der Waals surface area contributed by atoms with Crippen molar-refractivity contribution in [3.05, 3.63) is 35.8 Å². The lowest BCUT2D eigenvalue weighted by molar-refractivity contribution is 0.300. The van der Waals surface area contributed by atoms with E-state index in [9.17, 15) is 4.39 Å². The molecule has 1 aromatic carbocycles. The van der Waals surface area contributed by atoms with E-state index in [4.69, 9.17) is 5.11 Å². The molecule has 0 saturated carbocycles. The summed E-state index contributed by atoms with van der Waals surface area (Å²) in [6.07, 6.45) is 2.27. The van der Waals surface area contributed by atoms with Gasteiger partial charge in [-0.3, -0.25) is 0 Å². The average Bonchev–Trinajstić information content (AvgIpc) is 2.59. The summed E-state index contributed by atoms with van der Waals surface area (Å²) in [5, 5.41) is 9.64. The Morgan fingerprint density at radius 2 is 2.15 bits per heavy atom. The van der Waals surface area contributed by atoms with Crippen LogP contribution in [0.1, 0.15) is 5.56 Å². The summed E-state index contributed by atoms with van der Waals surface area (Å²) in [6.45, 7) is 0.0892. The van der Waals surface area contributed by atoms with Gasteiger partial charge in [-0.1, -0.05) is 6.07 Å². The van der Waals surface area contributed by atoms with Crippen LogP contribution in [-0.2, 0) is 6.42 Å². The summed E-state index contributed by atoms with van der Waals surface area (Å²) in [6, 6.07) is 4.95. The van der Waals surface area contributed by atoms with Crippen LogP contribution >= 0.6 is 0 Å². The van der Waals surface area contributed by atoms with Crippen LogP contribution in [0.25, 0.3) is 10.9 Å². The molecule has 0 unspecified atom stereocenters. The fourth-order valence-corrected chi connectivity index (χ4v) is 1.52. The maximum Gasteiger partial charge on any atom is 0.147 e. The highest BCUT2D eigenvalue weighted by Gasteiger charge is 2.05. The second-order valence-corrected chi connectivity index (χ2v) is 2.95. The molecule has 2 nitrogen and oxygen atoms in total. The maximum atomic E-state index is 13.1. The van der Waals surface area contributed by atoms with Gasteiger partial charge in [0, 0.05) is 18.2 Å². The lowest BCUT2D eigenvalue weighted by Gasteiger charge is -2.00. The van der Waals surface area contributed by atoms with Crippen LogP contribution in [-0.4, -0.2) is 16.7 Å². The number of nitrogens with one attached hydrogen (secondary N) is 1. The molecule has 0 bridgehead atoms. The van der Waals surface area contributed by atoms with E-state index < -0.39 is 0 Å². The first-order chi connectivity index (χ1) is 6.33. The van der Waals surface area contributed by atoms with Crippen LogP contribution in [0.4, 0.5) is 4.39 Å². The second kappa shape index (κ2) is 3.18. The van der Waals surface area contributed by atoms with Gasteiger partial charge in [0.25, 0.3) is 0 Å². The van der Waals surface area contributed by atoms with Crippen LogP contribution in [0.2, 0.25) is 0 Å². The third kappa shape index (κ3) is 1.31. The van der Waals surface area contributed by atoms with Crippen molar-refractivity contribution in [2.45, 2.75) is 6.42 Å². The Balaban J connectivity index is 2.64. The molecule has 0 spiro atoms. The topological polar surface area (TPSA) is 36.0 Å². The number of hydrogen-bond acceptors (Lipinski definition) is 1. The van der Waals surface area contributed by atoms with E-state index in [1.165, 1.54) is 6.07 Å². The van der Waals surface area contributed by atoms with Crippen molar-refractivity contribution < 1.29 is 9.50 Å². The molecule has 2 rings (SSSR count). The van der Waals surface area contributed by atoms with Gasteiger partial charge in [0.1, 0.15) is 5.82 Å². The molecule has 3 heteroatoms. The van der Waals surface area contributed by atoms with Gasteiger partial charge in [0.05, 0.1) is 5.52 Å². The van der Waals surface area contributed by atoms with Crippen molar-refractivity contribution >= 4 is 10.9 Å². The van der Waals surface area contributed by atoms with E-state index in [0.717, 1.165) is 10.9 Å². The molecule has 0 saturated heterocycles. The Kier molecular flexibility index (Phi) is 2.02. The lowest BCUT2D eigenvalue weighted by atomic mass is 10.1. The van der Waals surface area contributed by atoms with Crippen LogP contribution in [0.5, 0.6) is 0 Å². The van der Waals surface area contributed by atoms with E-state index in [2.05, 4.69) is 4.98 Å². The zero-order valence-electron chi connectivity index (χ0n) is 7.05. The summed E-state index contributed by atoms with van der Waals surface area (Å²) in [4.78, 5) is 2.83. The van der Waals surface area contributed by atoms with Gasteiger partial charge in [-0.2, -0.15) is 0 Å². The molecule has 2 N–H and O–H groups in total. The number of aromatic nitrogens is 1. The molecule has 0 atom stereocenters. The average molecular weight is 179 g/mol. The zero-order chi connectivity index (χ0) is 9.26. The molecular weight excluding hydrogens is 169 g/mol. The number of aliphatic hydroxyl groups excluding tert-OH is 1. The van der Waals surface area contributed by atoms with E-state index in [0.29, 0.717) is 11.9 Å². The summed E-state index contributed by atoms with van der Waals surface area (Å²) < 4.78 is 13.1. The summed E-state index contributed by atoms with van der Waals surface area (Å²) >= 11 is 0. The SMILES string of the molecule is OCCc1ccc(F)c2[nH]ccc12. The molecule has 0 aliphatic carbocycles. The van der Waals surface area contributed by atoms with Crippen LogP contribution in [0.15, 0.2) is 24.4 Å². The van der Waals surface area contributed by atoms with Gasteiger partial charge in [0.2, 0.25) is 0 Å². The summed E-state index contributed by atoms with van der Waals surface area (Å²) in [5.74, 6) is -0.248. The van der Waals surface area contributed by atoms with Gasteiger partial charge in [0.15, 0.2) is 0 Å². The molecule has 13 heavy (non-hydrogen) atoms. The molecule has 68 valence electrons. The maximum absolute atomic E-state index is 13.1. The molecule has 1 aromatic heterocycles. The van der Waals surface area contributed by atoms with Gasteiger partial charge in [-0.25, -0.2) is 4.39 Å². The number of hydrogen-bond donors (Lipinski definition) is 2. The molecule has 0 aliphatic rings. The normalized spacial score (nSPS) is 10.9. The molecule has 0 fully saturated rings. The Bertz CT molecular complexity index is 422. The molecule has 0 radical (unpaired) electrons. The van der Waals surface area contributed by atoms with Crippen molar-refractivity contribution in [2.24, 2.45) is 0 Å². The molecule has 2 aromatic rings. The Morgan fingerprint density at radius 1 is 1.31 bits per heavy atom. The van der Waals surface area contributed by atoms with Crippen molar-refractivity contribution in [2.75, 3.05) is 6.61 Å². The molecular formula is C10H10FNO. The Morgan fingerprint density at radius 3 is 2.92 bits per heavy atom. The van der Waals surface area contributed by atoms with Crippen molar-refractivity contribution in [1.82, 2.24) is 4.98 Å². The van der Waals surface area contributed by atoms with Gasteiger partial charge < -0.3 is 10.1 Å². The third-order valence-electron chi connectivity index (χ3n) is 2.14. The number of aromatic amines is 1. The fourth-order valence-electron chi connectivity index (χ4n) is 1.52. The van der Waals surface area contributed by atoms with Crippen LogP contribution in [0, 0.1) is 5.82 Å². The number of halogens is 1. The van der Waals surface area contributed by atoms with Crippen molar-refractivity contribution in [3.63, 3.8) is 0 Å². The molecule has 0 amide bonds. The quantitative estimate of drug-likeness (QED) is 0.725. The number of rotatable bonds is 2. The fraction of sp³-hybridized carbons (Fsp3) is 0.200. The van der Waals surface area contributed by atoms with Crippen LogP contribution in [0.3, 0.4) is 0 Å². The predicted molar refractivity (Wildman–Crippen MR) is 49.0 cm³/mol. The van der Waals surface area contributed by atoms with Crippen molar-refractivity contribution in [3.8, 4) is 0 Å². The predicted octanol–water partition coefficient (Wildman–Crippen LogP) is 1.84. The first-order valence-corrected chi connectivity index (χ1v) is 4.18. The highest BCUT2D eigenvalue weighted by Crippen LogP contribution is 2.20. The van der Waals surface area contributed by atoms with Gasteiger partial charge in [-0.05, 0) is 24.1 Å². The summed E-state index contributed by atoms with van der Waals surface area (Å²) in [7, 11) is 0. The minimum atomic E-state index is -0.248. The third-order valence-corrected chi connectivity index (χ3v) is 2.14. The first kappa shape index (κ1) is 8.26. The van der Waals surface area contributed by atoms with Gasteiger partial charge >= 0.3 is 0 Å². The number of aliphatic hydroxyl groups is 1. The van der Waals surface area contributed by atoms with E-state index in [-0.39, 0.29) is 12.4 Å². The molecule has 1 heterocycles. The zero-order valence-corrected chi connectivity index (χ0v) is 7.05. The lowest BCUT2D eigenvalue weighted by Crippen LogP contribution is -1.92. The van der Waals surface area contributed by atoms with Crippen molar-refractivity contribution in [1.29, 1.82) is 0 Å². The standard InChI is InChI=1S/C10H10FNO/c11-9-2-1-7(4-6-13)8-3-5-12-10(8)9/h1-3,5,12-13H,4,6H2. The summed E-state index contributed by atoms with van der Waals surface area (Å²) in [5.41, 5.74) is 1.49. The Hall–Kier alpha value is -1.35. The molecule has 0 aliphatic heterocycles. The van der Waals surface area contributed by atoms with Gasteiger partial charge in [-0.15, -0.1) is 0 Å².